The SMILES string of the molecule is C=C/C=C(\C=C)C(=O)NC.CC.COc1ccc2c3c1OC1C(=O)CCC(CC2)C31. The Labute approximate surface area is 179 Å². The highest BCUT2D eigenvalue weighted by molar-refractivity contribution is 5.96. The third-order valence-electron chi connectivity index (χ3n) is 5.75. The molecular weight excluding hydrogens is 378 g/mol. The lowest BCUT2D eigenvalue weighted by molar-refractivity contribution is -0.129. The molecule has 30 heavy (non-hydrogen) atoms. The number of carbonyl (C=O) groups excluding carboxylic acids is 2. The van der Waals surface area contributed by atoms with Gasteiger partial charge in [0.05, 0.1) is 7.11 Å². The zero-order chi connectivity index (χ0) is 22.3. The van der Waals surface area contributed by atoms with E-state index in [9.17, 15) is 9.59 Å². The number of ketones is 1. The van der Waals surface area contributed by atoms with E-state index < -0.39 is 0 Å². The summed E-state index contributed by atoms with van der Waals surface area (Å²) in [6, 6.07) is 4.11. The maximum atomic E-state index is 12.1. The van der Waals surface area contributed by atoms with E-state index in [2.05, 4.69) is 24.5 Å². The minimum atomic E-state index is -0.242. The Morgan fingerprint density at radius 2 is 1.93 bits per heavy atom. The van der Waals surface area contributed by atoms with Gasteiger partial charge in [-0.2, -0.15) is 0 Å². The van der Waals surface area contributed by atoms with Gasteiger partial charge in [0, 0.05) is 30.5 Å². The van der Waals surface area contributed by atoms with Crippen LogP contribution in [0, 0.1) is 5.92 Å². The van der Waals surface area contributed by atoms with E-state index in [4.69, 9.17) is 9.47 Å². The summed E-state index contributed by atoms with van der Waals surface area (Å²) in [5, 5.41) is 2.47. The van der Waals surface area contributed by atoms with Crippen LogP contribution < -0.4 is 14.8 Å². The molecule has 1 heterocycles. The van der Waals surface area contributed by atoms with Gasteiger partial charge in [-0.3, -0.25) is 9.59 Å². The summed E-state index contributed by atoms with van der Waals surface area (Å²) in [7, 11) is 3.23. The summed E-state index contributed by atoms with van der Waals surface area (Å²) in [4.78, 5) is 22.9. The molecule has 0 spiro atoms. The first-order valence-electron chi connectivity index (χ1n) is 10.6. The number of ether oxygens (including phenoxy) is 2. The number of rotatable bonds is 4. The molecule has 1 N–H and O–H groups in total. The van der Waals surface area contributed by atoms with Gasteiger partial charge in [0.15, 0.2) is 23.4 Å². The fourth-order valence-corrected chi connectivity index (χ4v) is 4.41. The van der Waals surface area contributed by atoms with Crippen molar-refractivity contribution in [3.05, 3.63) is 60.2 Å². The Balaban J connectivity index is 0.000000231. The van der Waals surface area contributed by atoms with Gasteiger partial charge in [0.25, 0.3) is 5.91 Å². The van der Waals surface area contributed by atoms with Gasteiger partial charge in [-0.25, -0.2) is 0 Å². The van der Waals surface area contributed by atoms with Crippen molar-refractivity contribution in [3.63, 3.8) is 0 Å². The Morgan fingerprint density at radius 1 is 1.23 bits per heavy atom. The molecule has 1 fully saturated rings. The van der Waals surface area contributed by atoms with Gasteiger partial charge in [-0.1, -0.05) is 51.3 Å². The highest BCUT2D eigenvalue weighted by Gasteiger charge is 2.50. The molecule has 0 bridgehead atoms. The Hall–Kier alpha value is -2.82. The summed E-state index contributed by atoms with van der Waals surface area (Å²) in [6.07, 6.45) is 8.40. The fraction of sp³-hybridized carbons (Fsp3) is 0.440. The number of likely N-dealkylation sites (N-methyl/N-ethyl adjacent to an activating group) is 1. The van der Waals surface area contributed by atoms with E-state index in [0.29, 0.717) is 23.8 Å². The molecule has 1 aliphatic heterocycles. The van der Waals surface area contributed by atoms with Crippen molar-refractivity contribution in [1.29, 1.82) is 0 Å². The van der Waals surface area contributed by atoms with Gasteiger partial charge >= 0.3 is 0 Å². The first-order valence-corrected chi connectivity index (χ1v) is 10.6. The molecule has 0 aromatic heterocycles. The maximum Gasteiger partial charge on any atom is 0.250 e. The smallest absolute Gasteiger partial charge is 0.250 e. The van der Waals surface area contributed by atoms with E-state index in [-0.39, 0.29) is 17.8 Å². The summed E-state index contributed by atoms with van der Waals surface area (Å²) in [6.45, 7) is 10.9. The molecule has 3 atom stereocenters. The number of nitrogens with one attached hydrogen (secondary N) is 1. The molecule has 0 saturated heterocycles. The Morgan fingerprint density at radius 3 is 2.53 bits per heavy atom. The molecule has 1 aromatic rings. The molecule has 1 saturated carbocycles. The molecule has 5 heteroatoms. The van der Waals surface area contributed by atoms with Crippen LogP contribution in [0.3, 0.4) is 0 Å². The van der Waals surface area contributed by atoms with Crippen molar-refractivity contribution in [1.82, 2.24) is 5.32 Å². The molecule has 4 rings (SSSR count). The van der Waals surface area contributed by atoms with Crippen LogP contribution in [0.25, 0.3) is 0 Å². The van der Waals surface area contributed by atoms with Crippen LogP contribution in [0.4, 0.5) is 0 Å². The second-order valence-corrected chi connectivity index (χ2v) is 7.18. The van der Waals surface area contributed by atoms with Crippen LogP contribution in [-0.4, -0.2) is 32.0 Å². The monoisotopic (exact) mass is 411 g/mol. The van der Waals surface area contributed by atoms with Crippen LogP contribution in [0.1, 0.15) is 50.2 Å². The van der Waals surface area contributed by atoms with Crippen molar-refractivity contribution in [3.8, 4) is 11.5 Å². The van der Waals surface area contributed by atoms with Crippen molar-refractivity contribution < 1.29 is 19.1 Å². The molecule has 2 aliphatic carbocycles. The number of benzene rings is 1. The van der Waals surface area contributed by atoms with E-state index >= 15 is 0 Å². The minimum Gasteiger partial charge on any atom is -0.493 e. The lowest BCUT2D eigenvalue weighted by Crippen LogP contribution is -2.39. The van der Waals surface area contributed by atoms with Crippen LogP contribution in [-0.2, 0) is 16.0 Å². The van der Waals surface area contributed by atoms with Gasteiger partial charge in [-0.05, 0) is 36.8 Å². The maximum absolute atomic E-state index is 12.1. The predicted octanol–water partition coefficient (Wildman–Crippen LogP) is 4.52. The van der Waals surface area contributed by atoms with Gasteiger partial charge in [-0.15, -0.1) is 0 Å². The van der Waals surface area contributed by atoms with Crippen LogP contribution in [0.15, 0.2) is 49.1 Å². The number of allylic oxidation sites excluding steroid dienone is 2. The third-order valence-corrected chi connectivity index (χ3v) is 5.75. The predicted molar refractivity (Wildman–Crippen MR) is 120 cm³/mol. The lowest BCUT2D eigenvalue weighted by atomic mass is 9.67. The van der Waals surface area contributed by atoms with E-state index in [1.54, 1.807) is 26.3 Å². The van der Waals surface area contributed by atoms with Crippen molar-refractivity contribution in [2.75, 3.05) is 14.2 Å². The highest BCUT2D eigenvalue weighted by Crippen LogP contribution is 2.55. The number of hydrogen-bond acceptors (Lipinski definition) is 4. The van der Waals surface area contributed by atoms with Gasteiger partial charge < -0.3 is 14.8 Å². The first kappa shape index (κ1) is 23.5. The molecule has 1 aromatic carbocycles. The molecule has 5 nitrogen and oxygen atoms in total. The number of amides is 1. The average molecular weight is 412 g/mol. The Bertz CT molecular complexity index is 840. The van der Waals surface area contributed by atoms with Gasteiger partial charge in [0.1, 0.15) is 0 Å². The quantitative estimate of drug-likeness (QED) is 0.584. The van der Waals surface area contributed by atoms with E-state index in [1.165, 1.54) is 23.6 Å². The number of Topliss-reactive ketones (excluding diaryl/α,β-unsaturated/α-hetero) is 1. The molecule has 1 amide bonds. The molecule has 162 valence electrons. The topological polar surface area (TPSA) is 64.6 Å². The van der Waals surface area contributed by atoms with E-state index in [0.717, 1.165) is 24.3 Å². The highest BCUT2D eigenvalue weighted by atomic mass is 16.5. The van der Waals surface area contributed by atoms with Gasteiger partial charge in [0.2, 0.25) is 0 Å². The summed E-state index contributed by atoms with van der Waals surface area (Å²) >= 11 is 0. The fourth-order valence-electron chi connectivity index (χ4n) is 4.41. The molecular formula is C25H33NO4. The average Bonchev–Trinajstić information content (AvgIpc) is 3.21. The molecule has 0 radical (unpaired) electrons. The number of aryl methyl sites for hydroxylation is 1. The number of carbonyl (C=O) groups is 2. The zero-order valence-corrected chi connectivity index (χ0v) is 18.5. The van der Waals surface area contributed by atoms with Crippen molar-refractivity contribution in [2.24, 2.45) is 5.92 Å². The molecule has 3 aliphatic rings. The normalized spacial score (nSPS) is 22.7. The second kappa shape index (κ2) is 10.8. The summed E-state index contributed by atoms with van der Waals surface area (Å²) < 4.78 is 11.3. The Kier molecular flexibility index (Phi) is 8.46. The lowest BCUT2D eigenvalue weighted by Gasteiger charge is -2.35. The van der Waals surface area contributed by atoms with Crippen LogP contribution >= 0.6 is 0 Å². The minimum absolute atomic E-state index is 0.144. The first-order chi connectivity index (χ1) is 14.5. The zero-order valence-electron chi connectivity index (χ0n) is 18.5. The summed E-state index contributed by atoms with van der Waals surface area (Å²) in [5.41, 5.74) is 3.14. The molecule has 3 unspecified atom stereocenters. The van der Waals surface area contributed by atoms with Crippen molar-refractivity contribution >= 4 is 11.7 Å². The van der Waals surface area contributed by atoms with Crippen LogP contribution in [0.2, 0.25) is 0 Å². The van der Waals surface area contributed by atoms with E-state index in [1.807, 2.05) is 19.9 Å². The largest absolute Gasteiger partial charge is 0.493 e. The van der Waals surface area contributed by atoms with Crippen LogP contribution in [0.5, 0.6) is 11.5 Å². The van der Waals surface area contributed by atoms with Crippen molar-refractivity contribution in [2.45, 2.75) is 51.6 Å². The number of hydrogen-bond donors (Lipinski definition) is 1. The third kappa shape index (κ3) is 4.50. The summed E-state index contributed by atoms with van der Waals surface area (Å²) in [5.74, 6) is 2.65. The second-order valence-electron chi connectivity index (χ2n) is 7.18. The number of methoxy groups -OCH3 is 1. The standard InChI is InChI=1S/C15H16O3.C8H11NO.C2H6/c1-17-11-7-5-9-3-2-8-4-6-10(16)14-12(8)13(9)15(11)18-14;1-4-6-7(5-2)8(10)9-3;1-2/h5,7-8,12,14H,2-4,6H2,1H3;4-6H,1-2H2,3H3,(H,9,10);1-2H3/b;7-6+;.